The molecule has 24 heavy (non-hydrogen) atoms. The Kier molecular flexibility index (Phi) is 2.56. The Labute approximate surface area is 136 Å². The van der Waals surface area contributed by atoms with Crippen LogP contribution in [0.5, 0.6) is 17.2 Å². The van der Waals surface area contributed by atoms with E-state index < -0.39 is 0 Å². The van der Waals surface area contributed by atoms with Gasteiger partial charge in [-0.1, -0.05) is 12.1 Å². The largest absolute Gasteiger partial charge is 0.496 e. The van der Waals surface area contributed by atoms with E-state index >= 15 is 0 Å². The van der Waals surface area contributed by atoms with Crippen LogP contribution in [0.4, 0.5) is 0 Å². The molecule has 1 aliphatic rings. The average molecular weight is 320 g/mol. The average Bonchev–Trinajstić information content (AvgIpc) is 3.06. The Morgan fingerprint density at radius 2 is 1.75 bits per heavy atom. The molecule has 0 aliphatic carbocycles. The number of hydrogen-bond donors (Lipinski definition) is 0. The summed E-state index contributed by atoms with van der Waals surface area (Å²) < 4.78 is 22.1. The molecular formula is C19H12O5. The predicted molar refractivity (Wildman–Crippen MR) is 90.2 cm³/mol. The van der Waals surface area contributed by atoms with Gasteiger partial charge in [0.1, 0.15) is 22.3 Å². The van der Waals surface area contributed by atoms with Crippen LogP contribution in [-0.4, -0.2) is 13.9 Å². The van der Waals surface area contributed by atoms with Crippen LogP contribution in [0.2, 0.25) is 0 Å². The lowest BCUT2D eigenvalue weighted by Crippen LogP contribution is -2.04. The third-order valence-electron chi connectivity index (χ3n) is 4.36. The molecule has 0 radical (unpaired) electrons. The molecule has 0 saturated carbocycles. The molecule has 0 fully saturated rings. The van der Waals surface area contributed by atoms with Crippen molar-refractivity contribution in [3.8, 4) is 17.2 Å². The zero-order chi connectivity index (χ0) is 16.3. The third kappa shape index (κ3) is 1.66. The topological polar surface area (TPSA) is 57.9 Å². The van der Waals surface area contributed by atoms with Gasteiger partial charge in [-0.3, -0.25) is 4.79 Å². The molecule has 4 aromatic rings. The SMILES string of the molecule is COc1cccc2oc3ccc4cc5c(cc4c3c(=O)c12)OCO5. The lowest BCUT2D eigenvalue weighted by Gasteiger charge is -2.08. The minimum absolute atomic E-state index is 0.117. The first-order chi connectivity index (χ1) is 11.8. The summed E-state index contributed by atoms with van der Waals surface area (Å²) in [6.45, 7) is 0.189. The first-order valence-corrected chi connectivity index (χ1v) is 7.52. The van der Waals surface area contributed by atoms with Gasteiger partial charge in [0.05, 0.1) is 12.5 Å². The van der Waals surface area contributed by atoms with Gasteiger partial charge in [0.15, 0.2) is 11.5 Å². The summed E-state index contributed by atoms with van der Waals surface area (Å²) in [5.41, 5.74) is 0.923. The van der Waals surface area contributed by atoms with Gasteiger partial charge in [0.25, 0.3) is 0 Å². The minimum Gasteiger partial charge on any atom is -0.496 e. The predicted octanol–water partition coefficient (Wildman–Crippen LogP) is 3.84. The van der Waals surface area contributed by atoms with Crippen molar-refractivity contribution >= 4 is 32.7 Å². The van der Waals surface area contributed by atoms with E-state index in [4.69, 9.17) is 18.6 Å². The second kappa shape index (κ2) is 4.64. The number of benzene rings is 3. The molecule has 118 valence electrons. The molecule has 3 aromatic carbocycles. The van der Waals surface area contributed by atoms with Gasteiger partial charge in [0, 0.05) is 5.39 Å². The zero-order valence-corrected chi connectivity index (χ0v) is 12.8. The lowest BCUT2D eigenvalue weighted by molar-refractivity contribution is 0.174. The Bertz CT molecular complexity index is 1190. The fraction of sp³-hybridized carbons (Fsp3) is 0.105. The second-order valence-corrected chi connectivity index (χ2v) is 5.63. The number of fused-ring (bicyclic) bond motifs is 5. The number of ether oxygens (including phenoxy) is 3. The fourth-order valence-electron chi connectivity index (χ4n) is 3.25. The summed E-state index contributed by atoms with van der Waals surface area (Å²) in [6, 6.07) is 12.7. The minimum atomic E-state index is -0.117. The lowest BCUT2D eigenvalue weighted by atomic mass is 10.0. The van der Waals surface area contributed by atoms with E-state index in [1.165, 1.54) is 0 Å². The zero-order valence-electron chi connectivity index (χ0n) is 12.8. The van der Waals surface area contributed by atoms with Crippen LogP contribution >= 0.6 is 0 Å². The normalized spacial score (nSPS) is 13.0. The summed E-state index contributed by atoms with van der Waals surface area (Å²) in [5, 5.41) is 2.63. The van der Waals surface area contributed by atoms with Gasteiger partial charge in [0.2, 0.25) is 12.2 Å². The second-order valence-electron chi connectivity index (χ2n) is 5.63. The van der Waals surface area contributed by atoms with E-state index in [0.717, 1.165) is 10.8 Å². The van der Waals surface area contributed by atoms with E-state index in [-0.39, 0.29) is 12.2 Å². The van der Waals surface area contributed by atoms with Crippen molar-refractivity contribution in [1.29, 1.82) is 0 Å². The van der Waals surface area contributed by atoms with Gasteiger partial charge in [-0.05, 0) is 35.7 Å². The Morgan fingerprint density at radius 1 is 0.958 bits per heavy atom. The molecule has 1 aromatic heterocycles. The van der Waals surface area contributed by atoms with Crippen LogP contribution in [0.25, 0.3) is 32.7 Å². The monoisotopic (exact) mass is 320 g/mol. The first kappa shape index (κ1) is 13.2. The summed E-state index contributed by atoms with van der Waals surface area (Å²) in [6.07, 6.45) is 0. The smallest absolute Gasteiger partial charge is 0.231 e. The molecule has 1 aliphatic heterocycles. The number of rotatable bonds is 1. The maximum absolute atomic E-state index is 13.2. The van der Waals surface area contributed by atoms with Gasteiger partial charge >= 0.3 is 0 Å². The van der Waals surface area contributed by atoms with Crippen LogP contribution in [0, 0.1) is 0 Å². The van der Waals surface area contributed by atoms with Crippen molar-refractivity contribution in [3.05, 3.63) is 52.7 Å². The quantitative estimate of drug-likeness (QED) is 0.394. The maximum Gasteiger partial charge on any atom is 0.231 e. The van der Waals surface area contributed by atoms with Crippen LogP contribution in [0.15, 0.2) is 51.7 Å². The van der Waals surface area contributed by atoms with Crippen molar-refractivity contribution < 1.29 is 18.6 Å². The van der Waals surface area contributed by atoms with E-state index in [1.807, 2.05) is 18.2 Å². The summed E-state index contributed by atoms with van der Waals surface area (Å²) in [4.78, 5) is 13.2. The highest BCUT2D eigenvalue weighted by atomic mass is 16.7. The van der Waals surface area contributed by atoms with E-state index in [2.05, 4.69) is 0 Å². The Morgan fingerprint density at radius 3 is 2.58 bits per heavy atom. The molecule has 0 spiro atoms. The highest BCUT2D eigenvalue weighted by Gasteiger charge is 2.18. The molecule has 2 heterocycles. The Hall–Kier alpha value is -3.21. The van der Waals surface area contributed by atoms with Crippen molar-refractivity contribution in [2.24, 2.45) is 0 Å². The van der Waals surface area contributed by atoms with Gasteiger partial charge in [-0.25, -0.2) is 0 Å². The molecule has 5 heteroatoms. The molecule has 0 amide bonds. The van der Waals surface area contributed by atoms with E-state index in [1.54, 1.807) is 31.4 Å². The van der Waals surface area contributed by atoms with E-state index in [9.17, 15) is 4.79 Å². The molecule has 0 unspecified atom stereocenters. The van der Waals surface area contributed by atoms with E-state index in [0.29, 0.717) is 39.2 Å². The van der Waals surface area contributed by atoms with Crippen LogP contribution in [-0.2, 0) is 0 Å². The molecular weight excluding hydrogens is 308 g/mol. The van der Waals surface area contributed by atoms with Crippen molar-refractivity contribution in [2.75, 3.05) is 13.9 Å². The number of methoxy groups -OCH3 is 1. The van der Waals surface area contributed by atoms with Gasteiger partial charge in [-0.15, -0.1) is 0 Å². The van der Waals surface area contributed by atoms with Gasteiger partial charge in [-0.2, -0.15) is 0 Å². The molecule has 5 rings (SSSR count). The van der Waals surface area contributed by atoms with Gasteiger partial charge < -0.3 is 18.6 Å². The highest BCUT2D eigenvalue weighted by molar-refractivity contribution is 6.09. The van der Waals surface area contributed by atoms with Crippen molar-refractivity contribution in [1.82, 2.24) is 0 Å². The molecule has 0 saturated heterocycles. The van der Waals surface area contributed by atoms with Crippen LogP contribution < -0.4 is 19.6 Å². The first-order valence-electron chi connectivity index (χ1n) is 7.52. The summed E-state index contributed by atoms with van der Waals surface area (Å²) >= 11 is 0. The van der Waals surface area contributed by atoms with Crippen LogP contribution in [0.1, 0.15) is 0 Å². The molecule has 0 atom stereocenters. The van der Waals surface area contributed by atoms with Crippen LogP contribution in [0.3, 0.4) is 0 Å². The van der Waals surface area contributed by atoms with Crippen molar-refractivity contribution in [2.45, 2.75) is 0 Å². The fourth-order valence-corrected chi connectivity index (χ4v) is 3.25. The highest BCUT2D eigenvalue weighted by Crippen LogP contribution is 2.38. The summed E-state index contributed by atoms with van der Waals surface area (Å²) in [7, 11) is 1.54. The Balaban J connectivity index is 2.01. The molecule has 0 bridgehead atoms. The van der Waals surface area contributed by atoms with Crippen molar-refractivity contribution in [3.63, 3.8) is 0 Å². The summed E-state index contributed by atoms with van der Waals surface area (Å²) in [5.74, 6) is 1.82. The molecule has 5 nitrogen and oxygen atoms in total. The maximum atomic E-state index is 13.2. The standard InChI is InChI=1S/C19H12O5/c1-21-12-3-2-4-13-18(12)19(20)17-11-8-16-15(22-9-23-16)7-10(11)5-6-14(17)24-13/h2-8H,9H2,1H3. The third-order valence-corrected chi connectivity index (χ3v) is 4.36. The molecule has 0 N–H and O–H groups in total. The number of hydrogen-bond acceptors (Lipinski definition) is 5.